The number of hydrogen-bond acceptors (Lipinski definition) is 1. The second-order valence-corrected chi connectivity index (χ2v) is 5.26. The van der Waals surface area contributed by atoms with Crippen molar-refractivity contribution in [3.63, 3.8) is 0 Å². The summed E-state index contributed by atoms with van der Waals surface area (Å²) < 4.78 is 0. The Kier molecular flexibility index (Phi) is 2.13. The topological polar surface area (TPSA) is 0 Å². The minimum absolute atomic E-state index is 1.22. The Morgan fingerprint density at radius 2 is 1.86 bits per heavy atom. The fraction of sp³-hybridized carbons (Fsp3) is 0.385. The first-order valence-corrected chi connectivity index (χ1v) is 6.22. The molecule has 1 heterocycles. The van der Waals surface area contributed by atoms with Crippen LogP contribution in [0.1, 0.15) is 31.2 Å². The van der Waals surface area contributed by atoms with E-state index in [2.05, 4.69) is 24.3 Å². The van der Waals surface area contributed by atoms with E-state index in [0.717, 1.165) is 0 Å². The Balaban J connectivity index is 1.99. The van der Waals surface area contributed by atoms with E-state index in [-0.39, 0.29) is 0 Å². The van der Waals surface area contributed by atoms with Gasteiger partial charge in [0.1, 0.15) is 0 Å². The second-order valence-electron chi connectivity index (χ2n) is 4.12. The van der Waals surface area contributed by atoms with Crippen LogP contribution in [-0.4, -0.2) is 0 Å². The molecule has 0 aromatic heterocycles. The average molecular weight is 202 g/mol. The van der Waals surface area contributed by atoms with Gasteiger partial charge in [0.15, 0.2) is 0 Å². The average Bonchev–Trinajstić information content (AvgIpc) is 2.26. The lowest BCUT2D eigenvalue weighted by Crippen LogP contribution is -2.06. The van der Waals surface area contributed by atoms with E-state index in [1.54, 1.807) is 10.5 Å². The standard InChI is InChI=1S/C13H14S/c1-3-7-12-10(5-1)9-11-6-2-4-8-13(11)14-12/h1,3,5,7H,2,4,6,8-9H2. The predicted octanol–water partition coefficient (Wildman–Crippen LogP) is 4.16. The summed E-state index contributed by atoms with van der Waals surface area (Å²) in [6.45, 7) is 0. The van der Waals surface area contributed by atoms with Crippen molar-refractivity contribution in [3.05, 3.63) is 40.3 Å². The molecule has 2 aliphatic rings. The van der Waals surface area contributed by atoms with Gasteiger partial charge in [0.25, 0.3) is 0 Å². The largest absolute Gasteiger partial charge is 0.0943 e. The zero-order valence-electron chi connectivity index (χ0n) is 8.25. The molecule has 3 rings (SSSR count). The van der Waals surface area contributed by atoms with Gasteiger partial charge in [-0.2, -0.15) is 0 Å². The van der Waals surface area contributed by atoms with Crippen LogP contribution in [0.2, 0.25) is 0 Å². The molecule has 1 aliphatic carbocycles. The zero-order chi connectivity index (χ0) is 9.38. The maximum absolute atomic E-state index is 2.28. The molecule has 0 nitrogen and oxygen atoms in total. The Bertz CT molecular complexity index is 353. The number of benzene rings is 1. The van der Waals surface area contributed by atoms with Crippen LogP contribution in [-0.2, 0) is 6.42 Å². The molecule has 72 valence electrons. The molecule has 1 aromatic carbocycles. The van der Waals surface area contributed by atoms with Crippen molar-refractivity contribution < 1.29 is 0 Å². The Labute approximate surface area is 89.4 Å². The Morgan fingerprint density at radius 1 is 1.00 bits per heavy atom. The summed E-state index contributed by atoms with van der Waals surface area (Å²) in [6.07, 6.45) is 6.69. The zero-order valence-corrected chi connectivity index (χ0v) is 9.07. The third-order valence-corrected chi connectivity index (χ3v) is 4.49. The highest BCUT2D eigenvalue weighted by atomic mass is 32.2. The first-order chi connectivity index (χ1) is 6.93. The normalized spacial score (nSPS) is 20.3. The quantitative estimate of drug-likeness (QED) is 0.608. The number of fused-ring (bicyclic) bond motifs is 1. The lowest BCUT2D eigenvalue weighted by molar-refractivity contribution is 0.677. The number of rotatable bonds is 0. The highest BCUT2D eigenvalue weighted by molar-refractivity contribution is 8.03. The molecule has 0 saturated carbocycles. The fourth-order valence-electron chi connectivity index (χ4n) is 2.36. The summed E-state index contributed by atoms with van der Waals surface area (Å²) in [5, 5.41) is 0. The summed E-state index contributed by atoms with van der Waals surface area (Å²) >= 11 is 2.02. The molecule has 0 fully saturated rings. The van der Waals surface area contributed by atoms with E-state index in [9.17, 15) is 0 Å². The van der Waals surface area contributed by atoms with E-state index in [1.165, 1.54) is 42.6 Å². The molecule has 0 N–H and O–H groups in total. The summed E-state index contributed by atoms with van der Waals surface area (Å²) in [5.74, 6) is 0. The van der Waals surface area contributed by atoms with Gasteiger partial charge in [0, 0.05) is 4.90 Å². The fourth-order valence-corrected chi connectivity index (χ4v) is 3.61. The van der Waals surface area contributed by atoms with E-state index in [1.807, 2.05) is 11.8 Å². The summed E-state index contributed by atoms with van der Waals surface area (Å²) in [6, 6.07) is 8.85. The van der Waals surface area contributed by atoms with E-state index < -0.39 is 0 Å². The molecule has 0 spiro atoms. The summed E-state index contributed by atoms with van der Waals surface area (Å²) in [7, 11) is 0. The predicted molar refractivity (Wildman–Crippen MR) is 61.5 cm³/mol. The van der Waals surface area contributed by atoms with Gasteiger partial charge in [0.05, 0.1) is 0 Å². The van der Waals surface area contributed by atoms with Crippen LogP contribution >= 0.6 is 11.8 Å². The lowest BCUT2D eigenvalue weighted by atomic mass is 9.93. The molecule has 1 heteroatoms. The van der Waals surface area contributed by atoms with Crippen molar-refractivity contribution in [2.75, 3.05) is 0 Å². The van der Waals surface area contributed by atoms with Crippen molar-refractivity contribution in [2.24, 2.45) is 0 Å². The molecule has 0 saturated heterocycles. The van der Waals surface area contributed by atoms with Gasteiger partial charge in [-0.05, 0) is 48.6 Å². The van der Waals surface area contributed by atoms with E-state index >= 15 is 0 Å². The number of hydrogen-bond donors (Lipinski definition) is 0. The lowest BCUT2D eigenvalue weighted by Gasteiger charge is -2.25. The van der Waals surface area contributed by atoms with Crippen molar-refractivity contribution in [2.45, 2.75) is 37.0 Å². The number of thioether (sulfide) groups is 1. The molecule has 0 radical (unpaired) electrons. The molecule has 14 heavy (non-hydrogen) atoms. The maximum Gasteiger partial charge on any atom is 0.0154 e. The highest BCUT2D eigenvalue weighted by Gasteiger charge is 2.20. The van der Waals surface area contributed by atoms with Gasteiger partial charge in [-0.15, -0.1) is 0 Å². The monoisotopic (exact) mass is 202 g/mol. The minimum Gasteiger partial charge on any atom is -0.0943 e. The van der Waals surface area contributed by atoms with E-state index in [0.29, 0.717) is 0 Å². The van der Waals surface area contributed by atoms with E-state index in [4.69, 9.17) is 0 Å². The molecule has 0 atom stereocenters. The molecule has 1 aromatic rings. The van der Waals surface area contributed by atoms with Crippen LogP contribution < -0.4 is 0 Å². The highest BCUT2D eigenvalue weighted by Crippen LogP contribution is 2.44. The Hall–Kier alpha value is -0.690. The first kappa shape index (κ1) is 8.60. The molecular formula is C13H14S. The van der Waals surface area contributed by atoms with Gasteiger partial charge in [-0.1, -0.05) is 35.5 Å². The molecular weight excluding hydrogens is 188 g/mol. The van der Waals surface area contributed by atoms with Crippen LogP contribution in [0.3, 0.4) is 0 Å². The summed E-state index contributed by atoms with van der Waals surface area (Å²) in [5.41, 5.74) is 3.26. The molecule has 0 unspecified atom stereocenters. The van der Waals surface area contributed by atoms with Crippen molar-refractivity contribution >= 4 is 11.8 Å². The molecule has 1 aliphatic heterocycles. The smallest absolute Gasteiger partial charge is 0.0154 e. The van der Waals surface area contributed by atoms with Crippen molar-refractivity contribution in [3.8, 4) is 0 Å². The Morgan fingerprint density at radius 3 is 2.86 bits per heavy atom. The molecule has 0 bridgehead atoms. The van der Waals surface area contributed by atoms with Gasteiger partial charge in [0.2, 0.25) is 0 Å². The van der Waals surface area contributed by atoms with Crippen LogP contribution in [0.5, 0.6) is 0 Å². The third-order valence-electron chi connectivity index (χ3n) is 3.14. The van der Waals surface area contributed by atoms with Gasteiger partial charge in [-0.25, -0.2) is 0 Å². The van der Waals surface area contributed by atoms with Crippen molar-refractivity contribution in [1.29, 1.82) is 0 Å². The van der Waals surface area contributed by atoms with Gasteiger partial charge in [-0.3, -0.25) is 0 Å². The minimum atomic E-state index is 1.22. The first-order valence-electron chi connectivity index (χ1n) is 5.40. The van der Waals surface area contributed by atoms with Gasteiger partial charge >= 0.3 is 0 Å². The molecule has 0 amide bonds. The van der Waals surface area contributed by atoms with Crippen LogP contribution in [0.15, 0.2) is 39.6 Å². The van der Waals surface area contributed by atoms with Crippen LogP contribution in [0.25, 0.3) is 0 Å². The third kappa shape index (κ3) is 1.40. The SMILES string of the molecule is c1ccc2c(c1)CC1=C(CCCC1)S2. The second kappa shape index (κ2) is 3.47. The van der Waals surface area contributed by atoms with Crippen LogP contribution in [0.4, 0.5) is 0 Å². The van der Waals surface area contributed by atoms with Gasteiger partial charge < -0.3 is 0 Å². The summed E-state index contributed by atoms with van der Waals surface area (Å²) in [4.78, 5) is 3.17. The van der Waals surface area contributed by atoms with Crippen LogP contribution in [0, 0.1) is 0 Å². The number of allylic oxidation sites excluding steroid dienone is 2. The van der Waals surface area contributed by atoms with Crippen molar-refractivity contribution in [1.82, 2.24) is 0 Å². The maximum atomic E-state index is 2.28.